The van der Waals surface area contributed by atoms with E-state index < -0.39 is 0 Å². The van der Waals surface area contributed by atoms with Crippen LogP contribution in [-0.2, 0) is 0 Å². The monoisotopic (exact) mass is 239 g/mol. The fourth-order valence-corrected chi connectivity index (χ4v) is 2.27. The molecule has 3 aromatic heterocycles. The number of nitrogens with zero attached hydrogens (tertiary/aromatic N) is 1. The lowest BCUT2D eigenvalue weighted by molar-refractivity contribution is 0.613. The third-order valence-corrected chi connectivity index (χ3v) is 3.04. The number of nitrogens with two attached hydrogens (primary N) is 1. The SMILES string of the molecule is Nc1cc(-c2c3ccoc3cc3ccoc23)[nH]n1. The normalized spacial score (nSPS) is 11.6. The molecule has 0 saturated carbocycles. The highest BCUT2D eigenvalue weighted by atomic mass is 16.3. The molecule has 0 radical (unpaired) electrons. The van der Waals surface area contributed by atoms with Crippen LogP contribution in [0.1, 0.15) is 0 Å². The van der Waals surface area contributed by atoms with Gasteiger partial charge in [-0.15, -0.1) is 0 Å². The van der Waals surface area contributed by atoms with E-state index in [4.69, 9.17) is 14.6 Å². The van der Waals surface area contributed by atoms with Crippen molar-refractivity contribution in [2.24, 2.45) is 0 Å². The second-order valence-corrected chi connectivity index (χ2v) is 4.13. The molecule has 0 aliphatic rings. The van der Waals surface area contributed by atoms with Crippen LogP contribution >= 0.6 is 0 Å². The highest BCUT2D eigenvalue weighted by Crippen LogP contribution is 2.36. The molecule has 0 saturated heterocycles. The highest BCUT2D eigenvalue weighted by Gasteiger charge is 2.15. The van der Waals surface area contributed by atoms with E-state index in [1.807, 2.05) is 18.2 Å². The molecule has 1 aromatic carbocycles. The first kappa shape index (κ1) is 9.35. The van der Waals surface area contributed by atoms with Crippen molar-refractivity contribution in [3.63, 3.8) is 0 Å². The summed E-state index contributed by atoms with van der Waals surface area (Å²) in [6.45, 7) is 0. The molecule has 5 heteroatoms. The van der Waals surface area contributed by atoms with Crippen LogP contribution in [0.25, 0.3) is 33.2 Å². The summed E-state index contributed by atoms with van der Waals surface area (Å²) in [5.41, 5.74) is 9.01. The second kappa shape index (κ2) is 3.16. The minimum absolute atomic E-state index is 0.449. The lowest BCUT2D eigenvalue weighted by Gasteiger charge is -2.01. The summed E-state index contributed by atoms with van der Waals surface area (Å²) in [6.07, 6.45) is 3.32. The van der Waals surface area contributed by atoms with E-state index in [1.165, 1.54) is 0 Å². The largest absolute Gasteiger partial charge is 0.464 e. The van der Waals surface area contributed by atoms with Gasteiger partial charge in [-0.3, -0.25) is 5.10 Å². The first-order valence-corrected chi connectivity index (χ1v) is 5.51. The molecule has 0 aliphatic heterocycles. The van der Waals surface area contributed by atoms with Crippen molar-refractivity contribution in [1.29, 1.82) is 0 Å². The lowest BCUT2D eigenvalue weighted by atomic mass is 10.0. The molecular weight excluding hydrogens is 230 g/mol. The fraction of sp³-hybridized carbons (Fsp3) is 0. The van der Waals surface area contributed by atoms with Gasteiger partial charge in [-0.1, -0.05) is 0 Å². The molecule has 0 atom stereocenters. The van der Waals surface area contributed by atoms with Crippen molar-refractivity contribution in [2.45, 2.75) is 0 Å². The number of benzene rings is 1. The summed E-state index contributed by atoms with van der Waals surface area (Å²) >= 11 is 0. The number of H-pyrrole nitrogens is 1. The fourth-order valence-electron chi connectivity index (χ4n) is 2.27. The van der Waals surface area contributed by atoms with E-state index in [0.717, 1.165) is 33.2 Å². The maximum absolute atomic E-state index is 5.66. The van der Waals surface area contributed by atoms with E-state index >= 15 is 0 Å². The van der Waals surface area contributed by atoms with Gasteiger partial charge in [0.2, 0.25) is 0 Å². The zero-order valence-electron chi connectivity index (χ0n) is 9.31. The van der Waals surface area contributed by atoms with Crippen LogP contribution in [0.15, 0.2) is 45.6 Å². The van der Waals surface area contributed by atoms with Gasteiger partial charge in [-0.05, 0) is 18.2 Å². The molecule has 4 aromatic rings. The lowest BCUT2D eigenvalue weighted by Crippen LogP contribution is -1.81. The van der Waals surface area contributed by atoms with Gasteiger partial charge in [0.05, 0.1) is 23.8 Å². The number of hydrogen-bond acceptors (Lipinski definition) is 4. The van der Waals surface area contributed by atoms with Crippen LogP contribution < -0.4 is 5.73 Å². The summed E-state index contributed by atoms with van der Waals surface area (Å²) < 4.78 is 11.0. The third-order valence-electron chi connectivity index (χ3n) is 3.04. The van der Waals surface area contributed by atoms with Gasteiger partial charge in [-0.2, -0.15) is 5.10 Å². The van der Waals surface area contributed by atoms with E-state index in [2.05, 4.69) is 10.2 Å². The molecule has 0 spiro atoms. The first-order chi connectivity index (χ1) is 8.83. The van der Waals surface area contributed by atoms with Crippen LogP contribution in [0.5, 0.6) is 0 Å². The number of hydrogen-bond donors (Lipinski definition) is 2. The van der Waals surface area contributed by atoms with E-state index in [-0.39, 0.29) is 0 Å². The molecule has 3 heterocycles. The minimum Gasteiger partial charge on any atom is -0.464 e. The van der Waals surface area contributed by atoms with Crippen LogP contribution in [0.3, 0.4) is 0 Å². The summed E-state index contributed by atoms with van der Waals surface area (Å²) in [4.78, 5) is 0. The molecule has 88 valence electrons. The quantitative estimate of drug-likeness (QED) is 0.534. The molecule has 3 N–H and O–H groups in total. The van der Waals surface area contributed by atoms with Crippen molar-refractivity contribution in [3.8, 4) is 11.3 Å². The number of fused-ring (bicyclic) bond motifs is 2. The second-order valence-electron chi connectivity index (χ2n) is 4.13. The van der Waals surface area contributed by atoms with E-state index in [9.17, 15) is 0 Å². The summed E-state index contributed by atoms with van der Waals surface area (Å²) in [7, 11) is 0. The van der Waals surface area contributed by atoms with Gasteiger partial charge in [0.1, 0.15) is 17.0 Å². The Morgan fingerprint density at radius 3 is 2.83 bits per heavy atom. The van der Waals surface area contributed by atoms with Crippen LogP contribution in [0, 0.1) is 0 Å². The number of nitrogen functional groups attached to an aromatic ring is 1. The van der Waals surface area contributed by atoms with Gasteiger partial charge < -0.3 is 14.6 Å². The molecule has 0 unspecified atom stereocenters. The Morgan fingerprint density at radius 2 is 2.00 bits per heavy atom. The summed E-state index contributed by atoms with van der Waals surface area (Å²) in [5, 5.41) is 8.82. The smallest absolute Gasteiger partial charge is 0.145 e. The molecule has 4 rings (SSSR count). The van der Waals surface area contributed by atoms with Crippen molar-refractivity contribution in [1.82, 2.24) is 10.2 Å². The van der Waals surface area contributed by atoms with Crippen molar-refractivity contribution in [3.05, 3.63) is 36.8 Å². The van der Waals surface area contributed by atoms with E-state index in [1.54, 1.807) is 18.6 Å². The predicted molar refractivity (Wildman–Crippen MR) is 68.0 cm³/mol. The number of furan rings is 2. The Morgan fingerprint density at radius 1 is 1.11 bits per heavy atom. The Kier molecular flexibility index (Phi) is 1.64. The average molecular weight is 239 g/mol. The van der Waals surface area contributed by atoms with Crippen LogP contribution in [-0.4, -0.2) is 10.2 Å². The number of aromatic nitrogens is 2. The molecule has 0 amide bonds. The number of rotatable bonds is 1. The molecule has 5 nitrogen and oxygen atoms in total. The van der Waals surface area contributed by atoms with Gasteiger partial charge >= 0.3 is 0 Å². The van der Waals surface area contributed by atoms with Crippen LogP contribution in [0.4, 0.5) is 5.82 Å². The number of nitrogens with one attached hydrogen (secondary N) is 1. The Labute approximate surface area is 101 Å². The summed E-state index contributed by atoms with van der Waals surface area (Å²) in [5.74, 6) is 0.449. The molecule has 0 bridgehead atoms. The number of aromatic amines is 1. The Bertz CT molecular complexity index is 805. The van der Waals surface area contributed by atoms with E-state index in [0.29, 0.717) is 5.82 Å². The zero-order valence-corrected chi connectivity index (χ0v) is 9.31. The molecule has 0 aliphatic carbocycles. The summed E-state index contributed by atoms with van der Waals surface area (Å²) in [6, 6.07) is 7.55. The maximum atomic E-state index is 5.66. The number of anilines is 1. The van der Waals surface area contributed by atoms with Crippen molar-refractivity contribution < 1.29 is 8.83 Å². The average Bonchev–Trinajstić information content (AvgIpc) is 3.04. The standard InChI is InChI=1S/C13H9N3O2/c14-11-6-9(15-16-11)12-8-2-4-17-10(8)5-7-1-3-18-13(7)12/h1-6H,(H3,14,15,16). The highest BCUT2D eigenvalue weighted by molar-refractivity contribution is 6.08. The maximum Gasteiger partial charge on any atom is 0.145 e. The van der Waals surface area contributed by atoms with Gasteiger partial charge in [0.15, 0.2) is 0 Å². The van der Waals surface area contributed by atoms with Gasteiger partial charge in [0, 0.05) is 16.8 Å². The van der Waals surface area contributed by atoms with Gasteiger partial charge in [-0.25, -0.2) is 0 Å². The van der Waals surface area contributed by atoms with Crippen molar-refractivity contribution in [2.75, 3.05) is 5.73 Å². The van der Waals surface area contributed by atoms with Crippen LogP contribution in [0.2, 0.25) is 0 Å². The zero-order chi connectivity index (χ0) is 12.1. The Balaban J connectivity index is 2.21. The van der Waals surface area contributed by atoms with Crippen molar-refractivity contribution >= 4 is 27.8 Å². The first-order valence-electron chi connectivity index (χ1n) is 5.51. The predicted octanol–water partition coefficient (Wildman–Crippen LogP) is 3.15. The molecule has 18 heavy (non-hydrogen) atoms. The van der Waals surface area contributed by atoms with Gasteiger partial charge in [0.25, 0.3) is 0 Å². The minimum atomic E-state index is 0.449. The molecular formula is C13H9N3O2. The topological polar surface area (TPSA) is 81.0 Å². The third kappa shape index (κ3) is 1.13. The Hall–Kier alpha value is -2.69. The molecule has 0 fully saturated rings.